The van der Waals surface area contributed by atoms with Crippen molar-refractivity contribution >= 4 is 35.0 Å². The number of carbonyl (C=O) groups excluding carboxylic acids is 2. The van der Waals surface area contributed by atoms with Crippen molar-refractivity contribution in [2.75, 3.05) is 6.61 Å². The maximum absolute atomic E-state index is 13.2. The van der Waals surface area contributed by atoms with Gasteiger partial charge in [0.15, 0.2) is 6.61 Å². The Morgan fingerprint density at radius 1 is 1.13 bits per heavy atom. The number of benzene rings is 2. The summed E-state index contributed by atoms with van der Waals surface area (Å²) in [7, 11) is 0. The molecule has 1 aliphatic carbocycles. The Morgan fingerprint density at radius 2 is 1.87 bits per heavy atom. The molecule has 7 heteroatoms. The Kier molecular flexibility index (Phi) is 8.61. The number of nitrogens with zero attached hydrogens (tertiary/aromatic N) is 1. The number of ether oxygens (including phenoxy) is 1. The predicted octanol–water partition coefficient (Wildman–Crippen LogP) is 5.24. The molecule has 166 valence electrons. The van der Waals surface area contributed by atoms with Gasteiger partial charge in [-0.3, -0.25) is 9.59 Å². The first-order valence-corrected chi connectivity index (χ1v) is 11.4. The van der Waals surface area contributed by atoms with Crippen molar-refractivity contribution in [2.45, 2.75) is 57.7 Å². The lowest BCUT2D eigenvalue weighted by Gasteiger charge is -2.31. The van der Waals surface area contributed by atoms with E-state index in [9.17, 15) is 9.59 Å². The minimum Gasteiger partial charge on any atom is -0.484 e. The topological polar surface area (TPSA) is 58.6 Å². The fourth-order valence-electron chi connectivity index (χ4n) is 3.88. The van der Waals surface area contributed by atoms with Gasteiger partial charge in [-0.1, -0.05) is 67.2 Å². The number of rotatable bonds is 9. The molecule has 1 aliphatic rings. The summed E-state index contributed by atoms with van der Waals surface area (Å²) in [5.74, 6) is 0.0906. The number of nitrogens with one attached hydrogen (secondary N) is 1. The molecule has 1 atom stereocenters. The second-order valence-electron chi connectivity index (χ2n) is 7.77. The van der Waals surface area contributed by atoms with Gasteiger partial charge in [-0.15, -0.1) is 0 Å². The highest BCUT2D eigenvalue weighted by Crippen LogP contribution is 2.22. The average molecular weight is 463 g/mol. The molecule has 1 fully saturated rings. The van der Waals surface area contributed by atoms with Crippen LogP contribution in [0.5, 0.6) is 5.75 Å². The van der Waals surface area contributed by atoms with Crippen LogP contribution in [0, 0.1) is 0 Å². The van der Waals surface area contributed by atoms with E-state index in [1.807, 2.05) is 25.1 Å². The van der Waals surface area contributed by atoms with Crippen molar-refractivity contribution in [3.05, 3.63) is 64.1 Å². The average Bonchev–Trinajstić information content (AvgIpc) is 3.26. The molecule has 5 nitrogen and oxygen atoms in total. The summed E-state index contributed by atoms with van der Waals surface area (Å²) >= 11 is 12.3. The molecule has 2 aromatic rings. The highest BCUT2D eigenvalue weighted by atomic mass is 35.5. The van der Waals surface area contributed by atoms with Crippen LogP contribution in [0.15, 0.2) is 48.5 Å². The van der Waals surface area contributed by atoms with Crippen LogP contribution in [-0.4, -0.2) is 35.4 Å². The maximum atomic E-state index is 13.2. The highest BCUT2D eigenvalue weighted by Gasteiger charge is 2.31. The summed E-state index contributed by atoms with van der Waals surface area (Å²) in [6.07, 6.45) is 4.71. The molecule has 0 spiro atoms. The van der Waals surface area contributed by atoms with Crippen LogP contribution in [0.25, 0.3) is 0 Å². The summed E-state index contributed by atoms with van der Waals surface area (Å²) < 4.78 is 5.67. The number of hydrogen-bond acceptors (Lipinski definition) is 3. The standard InChI is InChI=1S/C24H28Cl2N2O3/c1-2-22(24(30)27-19-10-4-5-11-19)28(15-17-8-3-6-13-21(17)26)23(29)16-31-20-12-7-9-18(25)14-20/h3,6-9,12-14,19,22H,2,4-5,10-11,15-16H2,1H3,(H,27,30)/t22-/m0/s1. The molecule has 2 amide bonds. The molecule has 3 rings (SSSR count). The van der Waals surface area contributed by atoms with Gasteiger partial charge in [-0.05, 0) is 49.1 Å². The summed E-state index contributed by atoms with van der Waals surface area (Å²) in [4.78, 5) is 27.8. The molecule has 0 saturated heterocycles. The molecule has 0 unspecified atom stereocenters. The third kappa shape index (κ3) is 6.62. The van der Waals surface area contributed by atoms with Crippen LogP contribution in [-0.2, 0) is 16.1 Å². The largest absolute Gasteiger partial charge is 0.484 e. The van der Waals surface area contributed by atoms with Crippen LogP contribution in [0.1, 0.15) is 44.6 Å². The van der Waals surface area contributed by atoms with Crippen molar-refractivity contribution in [3.8, 4) is 5.75 Å². The van der Waals surface area contributed by atoms with Crippen molar-refractivity contribution in [1.82, 2.24) is 10.2 Å². The van der Waals surface area contributed by atoms with Crippen molar-refractivity contribution < 1.29 is 14.3 Å². The van der Waals surface area contributed by atoms with E-state index in [2.05, 4.69) is 5.32 Å². The third-order valence-electron chi connectivity index (χ3n) is 5.54. The number of halogens is 2. The quantitative estimate of drug-likeness (QED) is 0.554. The van der Waals surface area contributed by atoms with Gasteiger partial charge in [0.25, 0.3) is 5.91 Å². The Morgan fingerprint density at radius 3 is 2.55 bits per heavy atom. The van der Waals surface area contributed by atoms with E-state index in [-0.39, 0.29) is 31.0 Å². The van der Waals surface area contributed by atoms with Gasteiger partial charge in [-0.2, -0.15) is 0 Å². The summed E-state index contributed by atoms with van der Waals surface area (Å²) in [5, 5.41) is 4.21. The van der Waals surface area contributed by atoms with Crippen LogP contribution in [0.3, 0.4) is 0 Å². The predicted molar refractivity (Wildman–Crippen MR) is 123 cm³/mol. The molecule has 0 heterocycles. The van der Waals surface area contributed by atoms with Crippen LogP contribution in [0.2, 0.25) is 10.0 Å². The summed E-state index contributed by atoms with van der Waals surface area (Å²) in [5.41, 5.74) is 0.785. The number of hydrogen-bond donors (Lipinski definition) is 1. The lowest BCUT2D eigenvalue weighted by molar-refractivity contribution is -0.143. The van der Waals surface area contributed by atoms with Crippen LogP contribution in [0.4, 0.5) is 0 Å². The first-order chi connectivity index (χ1) is 15.0. The molecule has 1 N–H and O–H groups in total. The SMILES string of the molecule is CC[C@@H](C(=O)NC1CCCC1)N(Cc1ccccc1Cl)C(=O)COc1cccc(Cl)c1. The minimum absolute atomic E-state index is 0.127. The van der Waals surface area contributed by atoms with Gasteiger partial charge in [0.2, 0.25) is 5.91 Å². The van der Waals surface area contributed by atoms with Gasteiger partial charge < -0.3 is 15.0 Å². The van der Waals surface area contributed by atoms with Crippen LogP contribution >= 0.6 is 23.2 Å². The highest BCUT2D eigenvalue weighted by molar-refractivity contribution is 6.31. The van der Waals surface area contributed by atoms with E-state index < -0.39 is 6.04 Å². The molecule has 2 aromatic carbocycles. The van der Waals surface area contributed by atoms with E-state index in [0.29, 0.717) is 22.2 Å². The first-order valence-electron chi connectivity index (χ1n) is 10.7. The number of carbonyl (C=O) groups is 2. The minimum atomic E-state index is -0.604. The molecule has 1 saturated carbocycles. The van der Waals surface area contributed by atoms with E-state index in [4.69, 9.17) is 27.9 Å². The fraction of sp³-hybridized carbons (Fsp3) is 0.417. The van der Waals surface area contributed by atoms with Gasteiger partial charge >= 0.3 is 0 Å². The van der Waals surface area contributed by atoms with E-state index in [1.165, 1.54) is 0 Å². The molecule has 0 aromatic heterocycles. The summed E-state index contributed by atoms with van der Waals surface area (Å²) in [6.45, 7) is 1.94. The molecule has 0 bridgehead atoms. The molecule has 31 heavy (non-hydrogen) atoms. The molecule has 0 aliphatic heterocycles. The first kappa shape index (κ1) is 23.4. The molecular weight excluding hydrogens is 435 g/mol. The fourth-order valence-corrected chi connectivity index (χ4v) is 4.26. The second-order valence-corrected chi connectivity index (χ2v) is 8.62. The normalized spacial score (nSPS) is 14.8. The Hall–Kier alpha value is -2.24. The van der Waals surface area contributed by atoms with E-state index in [0.717, 1.165) is 31.2 Å². The third-order valence-corrected chi connectivity index (χ3v) is 6.15. The molecular formula is C24H28Cl2N2O3. The monoisotopic (exact) mass is 462 g/mol. The lowest BCUT2D eigenvalue weighted by Crippen LogP contribution is -2.52. The Labute approximate surface area is 193 Å². The lowest BCUT2D eigenvalue weighted by atomic mass is 10.1. The smallest absolute Gasteiger partial charge is 0.261 e. The van der Waals surface area contributed by atoms with Crippen molar-refractivity contribution in [2.24, 2.45) is 0 Å². The van der Waals surface area contributed by atoms with E-state index in [1.54, 1.807) is 35.2 Å². The van der Waals surface area contributed by atoms with Gasteiger partial charge in [0, 0.05) is 22.6 Å². The van der Waals surface area contributed by atoms with Crippen LogP contribution < -0.4 is 10.1 Å². The summed E-state index contributed by atoms with van der Waals surface area (Å²) in [6, 6.07) is 13.8. The van der Waals surface area contributed by atoms with Crippen molar-refractivity contribution in [1.29, 1.82) is 0 Å². The van der Waals surface area contributed by atoms with E-state index >= 15 is 0 Å². The van der Waals surface area contributed by atoms with Crippen molar-refractivity contribution in [3.63, 3.8) is 0 Å². The Balaban J connectivity index is 1.77. The Bertz CT molecular complexity index is 900. The second kappa shape index (κ2) is 11.4. The number of amides is 2. The zero-order valence-corrected chi connectivity index (χ0v) is 19.2. The molecule has 0 radical (unpaired) electrons. The van der Waals surface area contributed by atoms with Gasteiger partial charge in [0.1, 0.15) is 11.8 Å². The zero-order valence-electron chi connectivity index (χ0n) is 17.7. The maximum Gasteiger partial charge on any atom is 0.261 e. The van der Waals surface area contributed by atoms with Gasteiger partial charge in [-0.25, -0.2) is 0 Å². The zero-order chi connectivity index (χ0) is 22.2. The van der Waals surface area contributed by atoms with Gasteiger partial charge in [0.05, 0.1) is 0 Å².